The molecule has 0 aliphatic rings. The van der Waals surface area contributed by atoms with Gasteiger partial charge in [-0.25, -0.2) is 0 Å². The molecule has 0 spiro atoms. The second kappa shape index (κ2) is 11.6. The number of hydrogen-bond acceptors (Lipinski definition) is 2. The van der Waals surface area contributed by atoms with E-state index < -0.39 is 21.7 Å². The Labute approximate surface area is 182 Å². The van der Waals surface area contributed by atoms with Crippen LogP contribution < -0.4 is 0 Å². The van der Waals surface area contributed by atoms with Crippen molar-refractivity contribution in [2.75, 3.05) is 0 Å². The van der Waals surface area contributed by atoms with Gasteiger partial charge in [0.1, 0.15) is 6.10 Å². The molecule has 1 aromatic carbocycles. The lowest BCUT2D eigenvalue weighted by atomic mass is 10.0. The van der Waals surface area contributed by atoms with Crippen molar-refractivity contribution in [3.8, 4) is 0 Å². The molecule has 0 fully saturated rings. The molecule has 0 amide bonds. The average Bonchev–Trinajstić information content (AvgIpc) is 2.73. The Morgan fingerprint density at radius 2 is 1.28 bits per heavy atom. The maximum Gasteiger partial charge on any atom is 0.104 e. The van der Waals surface area contributed by atoms with Crippen LogP contribution in [0.1, 0.15) is 61.0 Å². The minimum atomic E-state index is -1.56. The number of benzene rings is 1. The first-order valence-electron chi connectivity index (χ1n) is 11.8. The van der Waals surface area contributed by atoms with E-state index in [-0.39, 0.29) is 6.10 Å². The first-order chi connectivity index (χ1) is 13.7. The maximum atomic E-state index is 11.0. The van der Waals surface area contributed by atoms with E-state index in [4.69, 9.17) is 4.74 Å². The quantitative estimate of drug-likeness (QED) is 0.328. The molecule has 0 aliphatic carbocycles. The van der Waals surface area contributed by atoms with Crippen LogP contribution in [-0.4, -0.2) is 33.0 Å². The highest BCUT2D eigenvalue weighted by atomic mass is 28.4. The summed E-state index contributed by atoms with van der Waals surface area (Å²) in [7, 11) is -3.13. The molecule has 0 heterocycles. The molecular weight excluding hydrogens is 388 g/mol. The molecule has 0 saturated carbocycles. The van der Waals surface area contributed by atoms with Crippen LogP contribution in [0.5, 0.6) is 0 Å². The van der Waals surface area contributed by atoms with E-state index in [1.54, 1.807) is 4.82 Å². The summed E-state index contributed by atoms with van der Waals surface area (Å²) < 4.78 is 6.40. The largest absolute Gasteiger partial charge is 0.387 e. The van der Waals surface area contributed by atoms with E-state index in [1.165, 1.54) is 36.3 Å². The molecule has 29 heavy (non-hydrogen) atoms. The lowest BCUT2D eigenvalue weighted by Crippen LogP contribution is -2.51. The van der Waals surface area contributed by atoms with Gasteiger partial charge in [0.05, 0.1) is 28.4 Å². The maximum absolute atomic E-state index is 11.0. The van der Waals surface area contributed by atoms with E-state index in [0.29, 0.717) is 6.61 Å². The van der Waals surface area contributed by atoms with Crippen LogP contribution in [0.15, 0.2) is 41.2 Å². The van der Waals surface area contributed by atoms with Gasteiger partial charge in [0.25, 0.3) is 0 Å². The third kappa shape index (κ3) is 6.40. The smallest absolute Gasteiger partial charge is 0.104 e. The Hall–Kier alpha value is -0.686. The van der Waals surface area contributed by atoms with Gasteiger partial charge in [-0.1, -0.05) is 119 Å². The van der Waals surface area contributed by atoms with Crippen LogP contribution in [0, 0.1) is 0 Å². The molecule has 0 bridgehead atoms. The van der Waals surface area contributed by atoms with Gasteiger partial charge < -0.3 is 9.84 Å². The van der Waals surface area contributed by atoms with Crippen LogP contribution in [0.2, 0.25) is 36.3 Å². The predicted molar refractivity (Wildman–Crippen MR) is 134 cm³/mol. The topological polar surface area (TPSA) is 29.5 Å². The summed E-state index contributed by atoms with van der Waals surface area (Å²) in [4.78, 5) is 1.78. The van der Waals surface area contributed by atoms with Crippen molar-refractivity contribution in [2.24, 2.45) is 0 Å². The highest BCUT2D eigenvalue weighted by molar-refractivity contribution is 7.07. The molecule has 4 heteroatoms. The summed E-state index contributed by atoms with van der Waals surface area (Å²) >= 11 is 0. The van der Waals surface area contributed by atoms with Crippen LogP contribution in [0.4, 0.5) is 0 Å². The first kappa shape index (κ1) is 26.3. The lowest BCUT2D eigenvalue weighted by Gasteiger charge is -2.44. The Morgan fingerprint density at radius 1 is 0.862 bits per heavy atom. The van der Waals surface area contributed by atoms with Gasteiger partial charge in [-0.3, -0.25) is 0 Å². The molecule has 166 valence electrons. The van der Waals surface area contributed by atoms with Crippen molar-refractivity contribution in [3.63, 3.8) is 0 Å². The standard InChI is InChI=1S/C25H46O2Si2/c1-9-28(10-2,11-3)24(29(12-4,13-5)14-6)20-23(25(7,8)26)27-21-22-18-16-15-17-19-22/h15-20,23,26H,9-14,21H2,1-8H3/t23-/m1/s1. The molecule has 1 aromatic rings. The van der Waals surface area contributed by atoms with Crippen LogP contribution in [0.3, 0.4) is 0 Å². The zero-order valence-corrected chi connectivity index (χ0v) is 22.3. The van der Waals surface area contributed by atoms with E-state index >= 15 is 0 Å². The van der Waals surface area contributed by atoms with Gasteiger partial charge in [0, 0.05) is 0 Å². The molecular formula is C25H46O2Si2. The van der Waals surface area contributed by atoms with Crippen molar-refractivity contribution in [3.05, 3.63) is 46.8 Å². The average molecular weight is 435 g/mol. The molecule has 0 radical (unpaired) electrons. The van der Waals surface area contributed by atoms with Gasteiger partial charge in [-0.15, -0.1) is 0 Å². The minimum absolute atomic E-state index is 0.272. The minimum Gasteiger partial charge on any atom is -0.387 e. The highest BCUT2D eigenvalue weighted by Crippen LogP contribution is 2.41. The predicted octanol–water partition coefficient (Wildman–Crippen LogP) is 7.36. The zero-order valence-electron chi connectivity index (χ0n) is 20.3. The van der Waals surface area contributed by atoms with Crippen LogP contribution in [-0.2, 0) is 11.3 Å². The summed E-state index contributed by atoms with van der Waals surface area (Å²) in [5.74, 6) is 0. The number of rotatable bonds is 13. The normalized spacial score (nSPS) is 14.0. The second-order valence-corrected chi connectivity index (χ2v) is 20.1. The van der Waals surface area contributed by atoms with Crippen molar-refractivity contribution in [2.45, 2.75) is 110 Å². The van der Waals surface area contributed by atoms with E-state index in [9.17, 15) is 5.11 Å². The van der Waals surface area contributed by atoms with Crippen LogP contribution in [0.25, 0.3) is 0 Å². The fourth-order valence-electron chi connectivity index (χ4n) is 4.93. The summed E-state index contributed by atoms with van der Waals surface area (Å²) in [5, 5.41) is 11.0. The zero-order chi connectivity index (χ0) is 22.1. The Bertz CT molecular complexity index is 573. The summed E-state index contributed by atoms with van der Waals surface area (Å²) in [6, 6.07) is 18.1. The summed E-state index contributed by atoms with van der Waals surface area (Å²) in [6.07, 6.45) is 2.17. The van der Waals surface area contributed by atoms with Crippen LogP contribution >= 0.6 is 0 Å². The number of hydrogen-bond donors (Lipinski definition) is 1. The first-order valence-corrected chi connectivity index (χ1v) is 17.0. The fraction of sp³-hybridized carbons (Fsp3) is 0.680. The Morgan fingerprint density at radius 3 is 1.62 bits per heavy atom. The molecule has 0 aliphatic heterocycles. The molecule has 0 aromatic heterocycles. The second-order valence-electron chi connectivity index (χ2n) is 9.13. The molecule has 1 N–H and O–H groups in total. The Kier molecular flexibility index (Phi) is 10.6. The van der Waals surface area contributed by atoms with Gasteiger partial charge in [0.15, 0.2) is 0 Å². The third-order valence-corrected chi connectivity index (χ3v) is 21.4. The van der Waals surface area contributed by atoms with E-state index in [2.05, 4.69) is 59.8 Å². The molecule has 1 rings (SSSR count). The lowest BCUT2D eigenvalue weighted by molar-refractivity contribution is -0.0700. The highest BCUT2D eigenvalue weighted by Gasteiger charge is 2.44. The third-order valence-electron chi connectivity index (χ3n) is 7.49. The molecule has 2 nitrogen and oxygen atoms in total. The Balaban J connectivity index is 3.50. The van der Waals surface area contributed by atoms with Gasteiger partial charge >= 0.3 is 0 Å². The van der Waals surface area contributed by atoms with Crippen molar-refractivity contribution < 1.29 is 9.84 Å². The van der Waals surface area contributed by atoms with Gasteiger partial charge in [-0.05, 0) is 19.4 Å². The summed E-state index contributed by atoms with van der Waals surface area (Å²) in [5.41, 5.74) is 0.261. The van der Waals surface area contributed by atoms with E-state index in [1.807, 2.05) is 32.0 Å². The molecule has 0 unspecified atom stereocenters. The fourth-order valence-corrected chi connectivity index (χ4v) is 18.9. The molecule has 0 saturated heterocycles. The number of aliphatic hydroxyl groups is 1. The molecule has 1 atom stereocenters. The monoisotopic (exact) mass is 434 g/mol. The summed E-state index contributed by atoms with van der Waals surface area (Å²) in [6.45, 7) is 18.7. The number of ether oxygens (including phenoxy) is 1. The SMILES string of the molecule is CC[Si](CC)(CC)C(=C[C@@H](OCc1ccccc1)C(C)(C)O)[Si](CC)(CC)CC. The van der Waals surface area contributed by atoms with Gasteiger partial charge in [0.2, 0.25) is 0 Å². The van der Waals surface area contributed by atoms with Crippen molar-refractivity contribution >= 4 is 16.1 Å². The van der Waals surface area contributed by atoms with Crippen molar-refractivity contribution in [1.82, 2.24) is 0 Å². The van der Waals surface area contributed by atoms with Crippen molar-refractivity contribution in [1.29, 1.82) is 0 Å². The van der Waals surface area contributed by atoms with E-state index in [0.717, 1.165) is 5.56 Å². The van der Waals surface area contributed by atoms with Gasteiger partial charge in [-0.2, -0.15) is 0 Å².